The summed E-state index contributed by atoms with van der Waals surface area (Å²) in [5.41, 5.74) is 4.24. The molecule has 1 aliphatic carbocycles. The third kappa shape index (κ3) is 2.33. The molecule has 0 N–H and O–H groups in total. The molecule has 0 amide bonds. The predicted octanol–water partition coefficient (Wildman–Crippen LogP) is 2.95. The van der Waals surface area contributed by atoms with Crippen LogP contribution in [0.15, 0.2) is 30.3 Å². The average molecular weight is 254 g/mol. The van der Waals surface area contributed by atoms with Crippen molar-refractivity contribution in [3.8, 4) is 0 Å². The minimum Gasteiger partial charge on any atom is -0.294 e. The van der Waals surface area contributed by atoms with E-state index < -0.39 is 0 Å². The molecule has 0 unspecified atom stereocenters. The molecular formula is C16H18N2O. The number of hydrogen-bond acceptors (Lipinski definition) is 2. The van der Waals surface area contributed by atoms with Crippen molar-refractivity contribution in [3.05, 3.63) is 52.8 Å². The first-order chi connectivity index (χ1) is 9.25. The van der Waals surface area contributed by atoms with Gasteiger partial charge in [-0.1, -0.05) is 30.3 Å². The highest BCUT2D eigenvalue weighted by Gasteiger charge is 2.24. The van der Waals surface area contributed by atoms with Crippen molar-refractivity contribution < 1.29 is 4.79 Å². The van der Waals surface area contributed by atoms with Crippen molar-refractivity contribution in [3.63, 3.8) is 0 Å². The lowest BCUT2D eigenvalue weighted by atomic mass is 9.95. The van der Waals surface area contributed by atoms with Crippen molar-refractivity contribution in [2.45, 2.75) is 39.2 Å². The van der Waals surface area contributed by atoms with Crippen LogP contribution in [0.4, 0.5) is 0 Å². The fourth-order valence-corrected chi connectivity index (χ4v) is 2.85. The number of aryl methyl sites for hydroxylation is 3. The maximum Gasteiger partial charge on any atom is 0.166 e. The fourth-order valence-electron chi connectivity index (χ4n) is 2.85. The van der Waals surface area contributed by atoms with Gasteiger partial charge in [0.05, 0.1) is 11.3 Å². The zero-order chi connectivity index (χ0) is 13.2. The van der Waals surface area contributed by atoms with Gasteiger partial charge in [0.25, 0.3) is 0 Å². The smallest absolute Gasteiger partial charge is 0.166 e. The summed E-state index contributed by atoms with van der Waals surface area (Å²) in [5.74, 6) is 0.268. The number of carbonyl (C=O) groups is 1. The fraction of sp³-hybridized carbons (Fsp3) is 0.375. The normalized spacial score (nSPS) is 14.5. The van der Waals surface area contributed by atoms with Gasteiger partial charge in [0.1, 0.15) is 0 Å². The molecule has 1 aliphatic rings. The molecule has 0 atom stereocenters. The Hall–Kier alpha value is -1.90. The summed E-state index contributed by atoms with van der Waals surface area (Å²) in [6.45, 7) is 2.80. The van der Waals surface area contributed by atoms with Gasteiger partial charge >= 0.3 is 0 Å². The SMILES string of the molecule is Cc1nn(CCc2ccccc2)c2c1C(=O)CCC2. The summed E-state index contributed by atoms with van der Waals surface area (Å²) in [6, 6.07) is 10.4. The summed E-state index contributed by atoms with van der Waals surface area (Å²) in [5, 5.41) is 4.55. The molecule has 1 aromatic heterocycles. The number of hydrogen-bond donors (Lipinski definition) is 0. The summed E-state index contributed by atoms with van der Waals surface area (Å²) < 4.78 is 2.04. The topological polar surface area (TPSA) is 34.9 Å². The van der Waals surface area contributed by atoms with E-state index in [-0.39, 0.29) is 5.78 Å². The molecule has 1 heterocycles. The van der Waals surface area contributed by atoms with Gasteiger partial charge in [-0.05, 0) is 31.7 Å². The summed E-state index contributed by atoms with van der Waals surface area (Å²) in [7, 11) is 0. The molecular weight excluding hydrogens is 236 g/mol. The van der Waals surface area contributed by atoms with Crippen LogP contribution >= 0.6 is 0 Å². The molecule has 0 aliphatic heterocycles. The van der Waals surface area contributed by atoms with Crippen molar-refractivity contribution in [1.82, 2.24) is 9.78 Å². The average Bonchev–Trinajstić information content (AvgIpc) is 2.76. The first kappa shape index (κ1) is 12.2. The Morgan fingerprint density at radius 1 is 1.21 bits per heavy atom. The molecule has 2 aromatic rings. The van der Waals surface area contributed by atoms with Crippen LogP contribution in [-0.4, -0.2) is 15.6 Å². The number of nitrogens with zero attached hydrogens (tertiary/aromatic N) is 2. The first-order valence-electron chi connectivity index (χ1n) is 6.89. The van der Waals surface area contributed by atoms with Crippen molar-refractivity contribution in [2.24, 2.45) is 0 Å². The zero-order valence-corrected chi connectivity index (χ0v) is 11.2. The Kier molecular flexibility index (Phi) is 3.20. The largest absolute Gasteiger partial charge is 0.294 e. The third-order valence-corrected chi connectivity index (χ3v) is 3.78. The molecule has 3 nitrogen and oxygen atoms in total. The van der Waals surface area contributed by atoms with Crippen LogP contribution < -0.4 is 0 Å². The number of fused-ring (bicyclic) bond motifs is 1. The number of ketones is 1. The minimum atomic E-state index is 0.268. The van der Waals surface area contributed by atoms with E-state index in [0.717, 1.165) is 42.8 Å². The molecule has 0 saturated heterocycles. The summed E-state index contributed by atoms with van der Waals surface area (Å²) in [6.07, 6.45) is 3.58. The highest BCUT2D eigenvalue weighted by atomic mass is 16.1. The zero-order valence-electron chi connectivity index (χ0n) is 11.2. The molecule has 0 radical (unpaired) electrons. The van der Waals surface area contributed by atoms with Gasteiger partial charge in [0, 0.05) is 18.7 Å². The molecule has 0 fully saturated rings. The lowest BCUT2D eigenvalue weighted by Gasteiger charge is -2.13. The highest BCUT2D eigenvalue weighted by molar-refractivity contribution is 5.99. The molecule has 0 saturated carbocycles. The Morgan fingerprint density at radius 3 is 2.79 bits per heavy atom. The molecule has 3 rings (SSSR count). The van der Waals surface area contributed by atoms with Crippen LogP contribution in [0.25, 0.3) is 0 Å². The molecule has 0 spiro atoms. The summed E-state index contributed by atoms with van der Waals surface area (Å²) in [4.78, 5) is 11.9. The highest BCUT2D eigenvalue weighted by Crippen LogP contribution is 2.24. The van der Waals surface area contributed by atoms with E-state index in [0.29, 0.717) is 6.42 Å². The maximum absolute atomic E-state index is 11.9. The number of benzene rings is 1. The van der Waals surface area contributed by atoms with Gasteiger partial charge in [0.2, 0.25) is 0 Å². The van der Waals surface area contributed by atoms with E-state index in [2.05, 4.69) is 29.4 Å². The van der Waals surface area contributed by atoms with Crippen LogP contribution in [0.3, 0.4) is 0 Å². The molecule has 98 valence electrons. The Labute approximate surface area is 113 Å². The predicted molar refractivity (Wildman–Crippen MR) is 74.4 cm³/mol. The van der Waals surface area contributed by atoms with E-state index in [1.807, 2.05) is 17.7 Å². The van der Waals surface area contributed by atoms with E-state index in [1.54, 1.807) is 0 Å². The van der Waals surface area contributed by atoms with Crippen molar-refractivity contribution in [2.75, 3.05) is 0 Å². The van der Waals surface area contributed by atoms with E-state index in [9.17, 15) is 4.79 Å². The third-order valence-electron chi connectivity index (χ3n) is 3.78. The molecule has 3 heteroatoms. The lowest BCUT2D eigenvalue weighted by Crippen LogP contribution is -2.14. The standard InChI is InChI=1S/C16H18N2O/c1-12-16-14(8-5-9-15(16)19)18(17-12)11-10-13-6-3-2-4-7-13/h2-4,6-7H,5,8-11H2,1H3. The van der Waals surface area contributed by atoms with Gasteiger partial charge in [-0.25, -0.2) is 0 Å². The quantitative estimate of drug-likeness (QED) is 0.844. The first-order valence-corrected chi connectivity index (χ1v) is 6.89. The van der Waals surface area contributed by atoms with Gasteiger partial charge in [-0.3, -0.25) is 9.48 Å². The van der Waals surface area contributed by atoms with Gasteiger partial charge in [-0.2, -0.15) is 5.10 Å². The monoisotopic (exact) mass is 254 g/mol. The number of aromatic nitrogens is 2. The Morgan fingerprint density at radius 2 is 2.00 bits per heavy atom. The Bertz CT molecular complexity index is 599. The number of Topliss-reactive ketones (excluding diaryl/α,β-unsaturated/α-hetero) is 1. The number of carbonyl (C=O) groups excluding carboxylic acids is 1. The van der Waals surface area contributed by atoms with E-state index in [1.165, 1.54) is 5.56 Å². The number of rotatable bonds is 3. The maximum atomic E-state index is 11.9. The second kappa shape index (κ2) is 5.00. The van der Waals surface area contributed by atoms with Crippen molar-refractivity contribution in [1.29, 1.82) is 0 Å². The van der Waals surface area contributed by atoms with Crippen molar-refractivity contribution >= 4 is 5.78 Å². The molecule has 1 aromatic carbocycles. The van der Waals surface area contributed by atoms with Crippen LogP contribution in [-0.2, 0) is 19.4 Å². The van der Waals surface area contributed by atoms with E-state index >= 15 is 0 Å². The lowest BCUT2D eigenvalue weighted by molar-refractivity contribution is 0.0971. The molecule has 0 bridgehead atoms. The Balaban J connectivity index is 1.82. The molecule has 19 heavy (non-hydrogen) atoms. The van der Waals surface area contributed by atoms with Gasteiger partial charge < -0.3 is 0 Å². The van der Waals surface area contributed by atoms with Gasteiger partial charge in [0.15, 0.2) is 5.78 Å². The second-order valence-corrected chi connectivity index (χ2v) is 5.14. The minimum absolute atomic E-state index is 0.268. The van der Waals surface area contributed by atoms with Gasteiger partial charge in [-0.15, -0.1) is 0 Å². The van der Waals surface area contributed by atoms with Crippen LogP contribution in [0.5, 0.6) is 0 Å². The van der Waals surface area contributed by atoms with Crippen LogP contribution in [0.1, 0.15) is 40.2 Å². The van der Waals surface area contributed by atoms with Crippen LogP contribution in [0, 0.1) is 6.92 Å². The van der Waals surface area contributed by atoms with E-state index in [4.69, 9.17) is 0 Å². The van der Waals surface area contributed by atoms with Crippen LogP contribution in [0.2, 0.25) is 0 Å². The second-order valence-electron chi connectivity index (χ2n) is 5.14. The summed E-state index contributed by atoms with van der Waals surface area (Å²) >= 11 is 0.